The molecule has 0 N–H and O–H groups in total. The van der Waals surface area contributed by atoms with E-state index in [2.05, 4.69) is 27.2 Å². The van der Waals surface area contributed by atoms with Crippen LogP contribution in [0, 0.1) is 12.7 Å². The standard InChI is InChI=1S/C23H23FN4O2/c1-15-2-3-18(14-20(15)24)23(29)28-12-10-27(11-13-28)19-8-6-16(7-9-19)21-25-22(30-26-21)17-4-5-17/h2-3,6-9,14,17H,4-5,10-13H2,1H3. The first-order valence-corrected chi connectivity index (χ1v) is 10.3. The van der Waals surface area contributed by atoms with Gasteiger partial charge in [-0.1, -0.05) is 11.2 Å². The lowest BCUT2D eigenvalue weighted by atomic mass is 10.1. The minimum absolute atomic E-state index is 0.118. The number of carbonyl (C=O) groups is 1. The largest absolute Gasteiger partial charge is 0.368 e. The highest BCUT2D eigenvalue weighted by atomic mass is 19.1. The third kappa shape index (κ3) is 3.67. The summed E-state index contributed by atoms with van der Waals surface area (Å²) < 4.78 is 19.1. The lowest BCUT2D eigenvalue weighted by molar-refractivity contribution is 0.0746. The molecule has 1 aromatic heterocycles. The zero-order valence-corrected chi connectivity index (χ0v) is 16.8. The Bertz CT molecular complexity index is 1070. The van der Waals surface area contributed by atoms with Crippen LogP contribution in [0.4, 0.5) is 10.1 Å². The van der Waals surface area contributed by atoms with Gasteiger partial charge >= 0.3 is 0 Å². The fourth-order valence-corrected chi connectivity index (χ4v) is 3.75. The highest BCUT2D eigenvalue weighted by Crippen LogP contribution is 2.39. The lowest BCUT2D eigenvalue weighted by Crippen LogP contribution is -2.48. The van der Waals surface area contributed by atoms with E-state index in [0.29, 0.717) is 36.0 Å². The zero-order chi connectivity index (χ0) is 20.7. The summed E-state index contributed by atoms with van der Waals surface area (Å²) in [6.07, 6.45) is 2.27. The number of hydrogen-bond donors (Lipinski definition) is 0. The predicted molar refractivity (Wildman–Crippen MR) is 111 cm³/mol. The van der Waals surface area contributed by atoms with Gasteiger partial charge in [-0.15, -0.1) is 0 Å². The molecule has 0 bridgehead atoms. The number of benzene rings is 2. The number of carbonyl (C=O) groups excluding carboxylic acids is 1. The number of nitrogens with zero attached hydrogens (tertiary/aromatic N) is 4. The molecule has 5 rings (SSSR count). The van der Waals surface area contributed by atoms with Gasteiger partial charge in [0.15, 0.2) is 0 Å². The highest BCUT2D eigenvalue weighted by Gasteiger charge is 2.30. The molecule has 3 aromatic rings. The third-order valence-corrected chi connectivity index (χ3v) is 5.84. The molecule has 1 saturated heterocycles. The molecule has 1 saturated carbocycles. The molecule has 2 heterocycles. The van der Waals surface area contributed by atoms with Crippen molar-refractivity contribution < 1.29 is 13.7 Å². The quantitative estimate of drug-likeness (QED) is 0.655. The maximum absolute atomic E-state index is 13.8. The zero-order valence-electron chi connectivity index (χ0n) is 16.8. The SMILES string of the molecule is Cc1ccc(C(=O)N2CCN(c3ccc(-c4noc(C5CC5)n4)cc3)CC2)cc1F. The van der Waals surface area contributed by atoms with Crippen molar-refractivity contribution in [3.8, 4) is 11.4 Å². The molecule has 1 amide bonds. The molecule has 2 aromatic carbocycles. The summed E-state index contributed by atoms with van der Waals surface area (Å²) in [7, 11) is 0. The first-order valence-electron chi connectivity index (χ1n) is 10.3. The highest BCUT2D eigenvalue weighted by molar-refractivity contribution is 5.94. The number of aromatic nitrogens is 2. The molecule has 0 radical (unpaired) electrons. The molecule has 154 valence electrons. The van der Waals surface area contributed by atoms with Gasteiger partial charge in [0.1, 0.15) is 5.82 Å². The summed E-state index contributed by atoms with van der Waals surface area (Å²) in [5.74, 6) is 1.35. The maximum atomic E-state index is 13.8. The minimum Gasteiger partial charge on any atom is -0.368 e. The van der Waals surface area contributed by atoms with E-state index in [4.69, 9.17) is 4.52 Å². The van der Waals surface area contributed by atoms with Crippen LogP contribution in [-0.4, -0.2) is 47.1 Å². The molecule has 0 unspecified atom stereocenters. The Kier molecular flexibility index (Phi) is 4.73. The summed E-state index contributed by atoms with van der Waals surface area (Å²) in [6.45, 7) is 4.36. The van der Waals surface area contributed by atoms with Crippen molar-refractivity contribution in [2.24, 2.45) is 0 Å². The monoisotopic (exact) mass is 406 g/mol. The second kappa shape index (κ2) is 7.55. The molecular weight excluding hydrogens is 383 g/mol. The molecule has 30 heavy (non-hydrogen) atoms. The molecule has 6 nitrogen and oxygen atoms in total. The van der Waals surface area contributed by atoms with Gasteiger partial charge in [-0.05, 0) is 61.7 Å². The van der Waals surface area contributed by atoms with Crippen LogP contribution in [-0.2, 0) is 0 Å². The Balaban J connectivity index is 1.21. The van der Waals surface area contributed by atoms with E-state index >= 15 is 0 Å². The van der Waals surface area contributed by atoms with Crippen molar-refractivity contribution in [2.45, 2.75) is 25.7 Å². The average molecular weight is 406 g/mol. The number of rotatable bonds is 4. The van der Waals surface area contributed by atoms with E-state index in [9.17, 15) is 9.18 Å². The number of hydrogen-bond acceptors (Lipinski definition) is 5. The van der Waals surface area contributed by atoms with Crippen LogP contribution in [0.25, 0.3) is 11.4 Å². The van der Waals surface area contributed by atoms with Gasteiger partial charge in [-0.3, -0.25) is 4.79 Å². The lowest BCUT2D eigenvalue weighted by Gasteiger charge is -2.36. The number of amides is 1. The van der Waals surface area contributed by atoms with Crippen LogP contribution in [0.3, 0.4) is 0 Å². The van der Waals surface area contributed by atoms with Crippen molar-refractivity contribution in [3.63, 3.8) is 0 Å². The van der Waals surface area contributed by atoms with Gasteiger partial charge in [-0.2, -0.15) is 4.98 Å². The normalized spacial score (nSPS) is 16.7. The summed E-state index contributed by atoms with van der Waals surface area (Å²) in [6, 6.07) is 12.8. The summed E-state index contributed by atoms with van der Waals surface area (Å²) in [5.41, 5.74) is 2.98. The van der Waals surface area contributed by atoms with E-state index < -0.39 is 0 Å². The van der Waals surface area contributed by atoms with E-state index in [0.717, 1.165) is 43.1 Å². The molecular formula is C23H23FN4O2. The fourth-order valence-electron chi connectivity index (χ4n) is 3.75. The first-order chi connectivity index (χ1) is 14.6. The smallest absolute Gasteiger partial charge is 0.254 e. The molecule has 1 aliphatic heterocycles. The second-order valence-electron chi connectivity index (χ2n) is 8.02. The van der Waals surface area contributed by atoms with E-state index in [1.165, 1.54) is 6.07 Å². The van der Waals surface area contributed by atoms with Gasteiger partial charge < -0.3 is 14.3 Å². The molecule has 0 spiro atoms. The predicted octanol–water partition coefficient (Wildman–Crippen LogP) is 4.02. The average Bonchev–Trinajstić information content (AvgIpc) is 3.52. The minimum atomic E-state index is -0.342. The van der Waals surface area contributed by atoms with Gasteiger partial charge in [0.2, 0.25) is 11.7 Å². The molecule has 1 aliphatic carbocycles. The summed E-state index contributed by atoms with van der Waals surface area (Å²) >= 11 is 0. The Hall–Kier alpha value is -3.22. The Morgan fingerprint density at radius 3 is 2.47 bits per heavy atom. The third-order valence-electron chi connectivity index (χ3n) is 5.84. The number of halogens is 1. The number of aryl methyl sites for hydroxylation is 1. The van der Waals surface area contributed by atoms with Crippen LogP contribution in [0.5, 0.6) is 0 Å². The Morgan fingerprint density at radius 1 is 1.07 bits per heavy atom. The topological polar surface area (TPSA) is 62.5 Å². The van der Waals surface area contributed by atoms with E-state index in [1.807, 2.05) is 12.1 Å². The fraction of sp³-hybridized carbons (Fsp3) is 0.348. The van der Waals surface area contributed by atoms with E-state index in [1.54, 1.807) is 24.0 Å². The summed E-state index contributed by atoms with van der Waals surface area (Å²) in [5, 5.41) is 4.09. The van der Waals surface area contributed by atoms with Crippen LogP contribution in [0.1, 0.15) is 40.6 Å². The Labute approximate surface area is 174 Å². The maximum Gasteiger partial charge on any atom is 0.254 e. The summed E-state index contributed by atoms with van der Waals surface area (Å²) in [4.78, 5) is 21.2. The van der Waals surface area contributed by atoms with Crippen molar-refractivity contribution in [1.82, 2.24) is 15.0 Å². The van der Waals surface area contributed by atoms with Crippen LogP contribution in [0.15, 0.2) is 47.0 Å². The molecule has 0 atom stereocenters. The van der Waals surface area contributed by atoms with Gasteiger partial charge in [-0.25, -0.2) is 4.39 Å². The number of piperazine rings is 1. The molecule has 7 heteroatoms. The van der Waals surface area contributed by atoms with Crippen LogP contribution < -0.4 is 4.90 Å². The molecule has 2 aliphatic rings. The van der Waals surface area contributed by atoms with Crippen molar-refractivity contribution >= 4 is 11.6 Å². The van der Waals surface area contributed by atoms with Gasteiger partial charge in [0, 0.05) is 48.9 Å². The molecule has 2 fully saturated rings. The van der Waals surface area contributed by atoms with E-state index in [-0.39, 0.29) is 11.7 Å². The Morgan fingerprint density at radius 2 is 1.80 bits per heavy atom. The van der Waals surface area contributed by atoms with Crippen LogP contribution >= 0.6 is 0 Å². The van der Waals surface area contributed by atoms with Crippen LogP contribution in [0.2, 0.25) is 0 Å². The van der Waals surface area contributed by atoms with Gasteiger partial charge in [0.25, 0.3) is 5.91 Å². The number of anilines is 1. The van der Waals surface area contributed by atoms with Crippen molar-refractivity contribution in [1.29, 1.82) is 0 Å². The van der Waals surface area contributed by atoms with Gasteiger partial charge in [0.05, 0.1) is 0 Å². The van der Waals surface area contributed by atoms with Crippen molar-refractivity contribution in [2.75, 3.05) is 31.1 Å². The second-order valence-corrected chi connectivity index (χ2v) is 8.02. The van der Waals surface area contributed by atoms with Crippen molar-refractivity contribution in [3.05, 3.63) is 65.3 Å². The first kappa shape index (κ1) is 18.8.